The van der Waals surface area contributed by atoms with Crippen LogP contribution in [0.15, 0.2) is 46.9 Å². The van der Waals surface area contributed by atoms with E-state index in [2.05, 4.69) is 34.9 Å². The quantitative estimate of drug-likeness (QED) is 0.239. The number of unbranched alkanes of at least 4 members (excludes halogenated alkanes) is 1. The SMILES string of the molecule is C=CCn1c(SCCCC)nc(O)c(C2NCCc3c2[nH]c2ccccc32)c1=O. The predicted octanol–water partition coefficient (Wildman–Crippen LogP) is 3.74. The Morgan fingerprint density at radius 3 is 3.03 bits per heavy atom. The lowest BCUT2D eigenvalue weighted by molar-refractivity contribution is 0.411. The first-order valence-corrected chi connectivity index (χ1v) is 11.0. The summed E-state index contributed by atoms with van der Waals surface area (Å²) < 4.78 is 1.61. The van der Waals surface area contributed by atoms with Crippen LogP contribution in [0, 0.1) is 0 Å². The molecule has 4 rings (SSSR count). The zero-order valence-corrected chi connectivity index (χ0v) is 17.4. The standard InChI is InChI=1S/C22H26N4O2S/c1-3-5-13-29-22-25-20(27)17(21(28)26(22)12-4-2)19-18-15(10-11-23-19)14-8-6-7-9-16(14)24-18/h4,6-9,19,23-24,27H,2-3,5,10-13H2,1H3. The Labute approximate surface area is 174 Å². The molecule has 1 aliphatic heterocycles. The maximum absolute atomic E-state index is 13.4. The Morgan fingerprint density at radius 1 is 1.41 bits per heavy atom. The Kier molecular flexibility index (Phi) is 5.78. The predicted molar refractivity (Wildman–Crippen MR) is 118 cm³/mol. The number of benzene rings is 1. The summed E-state index contributed by atoms with van der Waals surface area (Å²) in [5.74, 6) is 0.658. The molecule has 3 N–H and O–H groups in total. The lowest BCUT2D eigenvalue weighted by Crippen LogP contribution is -2.37. The molecule has 6 nitrogen and oxygen atoms in total. The average Bonchev–Trinajstić information content (AvgIpc) is 3.10. The minimum atomic E-state index is -0.420. The van der Waals surface area contributed by atoms with Gasteiger partial charge >= 0.3 is 0 Å². The Bertz CT molecular complexity index is 1100. The van der Waals surface area contributed by atoms with Crippen molar-refractivity contribution in [3.8, 4) is 5.88 Å². The Hall–Kier alpha value is -2.51. The van der Waals surface area contributed by atoms with Crippen LogP contribution >= 0.6 is 11.8 Å². The number of nitrogens with one attached hydrogen (secondary N) is 2. The summed E-state index contributed by atoms with van der Waals surface area (Å²) in [5.41, 5.74) is 3.24. The smallest absolute Gasteiger partial charge is 0.263 e. The fraction of sp³-hybridized carbons (Fsp3) is 0.364. The van der Waals surface area contributed by atoms with Gasteiger partial charge in [-0.15, -0.1) is 6.58 Å². The van der Waals surface area contributed by atoms with Gasteiger partial charge in [0.05, 0.1) is 6.04 Å². The molecule has 0 bridgehead atoms. The highest BCUT2D eigenvalue weighted by Crippen LogP contribution is 2.35. The van der Waals surface area contributed by atoms with Gasteiger partial charge in [0.1, 0.15) is 5.56 Å². The van der Waals surface area contributed by atoms with Gasteiger partial charge in [-0.05, 0) is 24.5 Å². The van der Waals surface area contributed by atoms with Crippen LogP contribution in [-0.4, -0.2) is 31.9 Å². The number of rotatable bonds is 7. The number of aromatic amines is 1. The summed E-state index contributed by atoms with van der Waals surface area (Å²) in [6, 6.07) is 7.72. The van der Waals surface area contributed by atoms with E-state index < -0.39 is 6.04 Å². The van der Waals surface area contributed by atoms with Crippen LogP contribution < -0.4 is 10.9 Å². The summed E-state index contributed by atoms with van der Waals surface area (Å²) >= 11 is 1.50. The van der Waals surface area contributed by atoms with Crippen molar-refractivity contribution in [1.82, 2.24) is 19.9 Å². The van der Waals surface area contributed by atoms with Crippen molar-refractivity contribution in [1.29, 1.82) is 0 Å². The maximum atomic E-state index is 13.4. The lowest BCUT2D eigenvalue weighted by atomic mass is 9.95. The van der Waals surface area contributed by atoms with E-state index in [0.29, 0.717) is 17.3 Å². The number of thioether (sulfide) groups is 1. The highest BCUT2D eigenvalue weighted by atomic mass is 32.2. The number of hydrogen-bond donors (Lipinski definition) is 3. The molecule has 1 atom stereocenters. The van der Waals surface area contributed by atoms with Crippen molar-refractivity contribution < 1.29 is 5.11 Å². The molecule has 2 aromatic heterocycles. The second-order valence-corrected chi connectivity index (χ2v) is 8.30. The minimum Gasteiger partial charge on any atom is -0.493 e. The normalized spacial score (nSPS) is 16.1. The van der Waals surface area contributed by atoms with E-state index in [-0.39, 0.29) is 11.4 Å². The monoisotopic (exact) mass is 410 g/mol. The van der Waals surface area contributed by atoms with Gasteiger partial charge in [-0.25, -0.2) is 0 Å². The second kappa shape index (κ2) is 8.47. The van der Waals surface area contributed by atoms with E-state index >= 15 is 0 Å². The molecule has 0 saturated heterocycles. The molecule has 0 amide bonds. The summed E-state index contributed by atoms with van der Waals surface area (Å²) in [6.07, 6.45) is 4.66. The molecular formula is C22H26N4O2S. The maximum Gasteiger partial charge on any atom is 0.263 e. The van der Waals surface area contributed by atoms with Crippen LogP contribution in [0.2, 0.25) is 0 Å². The number of H-pyrrole nitrogens is 1. The zero-order chi connectivity index (χ0) is 20.4. The zero-order valence-electron chi connectivity index (χ0n) is 16.6. The molecule has 3 aromatic rings. The van der Waals surface area contributed by atoms with Gasteiger partial charge in [0.2, 0.25) is 5.88 Å². The molecule has 1 aromatic carbocycles. The molecule has 0 saturated carbocycles. The van der Waals surface area contributed by atoms with E-state index in [1.54, 1.807) is 10.6 Å². The van der Waals surface area contributed by atoms with Crippen LogP contribution in [-0.2, 0) is 13.0 Å². The molecule has 152 valence electrons. The van der Waals surface area contributed by atoms with Crippen LogP contribution in [0.25, 0.3) is 10.9 Å². The molecular weight excluding hydrogens is 384 g/mol. The van der Waals surface area contributed by atoms with Crippen molar-refractivity contribution >= 4 is 22.7 Å². The van der Waals surface area contributed by atoms with Gasteiger partial charge in [0.25, 0.3) is 5.56 Å². The third-order valence-corrected chi connectivity index (χ3v) is 6.40. The summed E-state index contributed by atoms with van der Waals surface area (Å²) in [4.78, 5) is 21.3. The lowest BCUT2D eigenvalue weighted by Gasteiger charge is -2.25. The number of aromatic hydroxyl groups is 1. The summed E-state index contributed by atoms with van der Waals surface area (Å²) in [5, 5.41) is 15.9. The largest absolute Gasteiger partial charge is 0.493 e. The third-order valence-electron chi connectivity index (χ3n) is 5.34. The number of para-hydroxylation sites is 1. The van der Waals surface area contributed by atoms with Crippen LogP contribution in [0.4, 0.5) is 0 Å². The fourth-order valence-corrected chi connectivity index (χ4v) is 5.01. The number of allylic oxidation sites excluding steroid dienone is 1. The number of aromatic nitrogens is 3. The Balaban J connectivity index is 1.83. The molecule has 29 heavy (non-hydrogen) atoms. The fourth-order valence-electron chi connectivity index (χ4n) is 3.93. The third kappa shape index (κ3) is 3.60. The number of hydrogen-bond acceptors (Lipinski definition) is 5. The molecule has 1 unspecified atom stereocenters. The first-order chi connectivity index (χ1) is 14.2. The van der Waals surface area contributed by atoms with Gasteiger partial charge in [-0.2, -0.15) is 4.98 Å². The van der Waals surface area contributed by atoms with Gasteiger partial charge < -0.3 is 15.4 Å². The highest BCUT2D eigenvalue weighted by Gasteiger charge is 2.31. The molecule has 0 aliphatic carbocycles. The van der Waals surface area contributed by atoms with Gasteiger partial charge in [0, 0.05) is 35.4 Å². The molecule has 7 heteroatoms. The first-order valence-electron chi connectivity index (χ1n) is 10.1. The van der Waals surface area contributed by atoms with Crippen LogP contribution in [0.3, 0.4) is 0 Å². The van der Waals surface area contributed by atoms with Crippen LogP contribution in [0.5, 0.6) is 5.88 Å². The number of fused-ring (bicyclic) bond motifs is 3. The van der Waals surface area contributed by atoms with Crippen molar-refractivity contribution in [2.24, 2.45) is 0 Å². The number of nitrogens with zero attached hydrogens (tertiary/aromatic N) is 2. The molecule has 0 fully saturated rings. The summed E-state index contributed by atoms with van der Waals surface area (Å²) in [7, 11) is 0. The molecule has 1 aliphatic rings. The van der Waals surface area contributed by atoms with Gasteiger partial charge in [-0.1, -0.05) is 49.4 Å². The van der Waals surface area contributed by atoms with E-state index in [9.17, 15) is 9.90 Å². The highest BCUT2D eigenvalue weighted by molar-refractivity contribution is 7.99. The first kappa shape index (κ1) is 19.8. The van der Waals surface area contributed by atoms with E-state index in [1.165, 1.54) is 22.7 Å². The van der Waals surface area contributed by atoms with Crippen molar-refractivity contribution in [2.75, 3.05) is 12.3 Å². The summed E-state index contributed by atoms with van der Waals surface area (Å²) in [6.45, 7) is 7.00. The molecule has 0 radical (unpaired) electrons. The van der Waals surface area contributed by atoms with Crippen molar-refractivity contribution in [2.45, 2.75) is 43.9 Å². The van der Waals surface area contributed by atoms with Crippen molar-refractivity contribution in [3.63, 3.8) is 0 Å². The van der Waals surface area contributed by atoms with Gasteiger partial charge in [0.15, 0.2) is 5.16 Å². The topological polar surface area (TPSA) is 82.9 Å². The average molecular weight is 411 g/mol. The van der Waals surface area contributed by atoms with Crippen molar-refractivity contribution in [3.05, 3.63) is 64.1 Å². The molecule has 3 heterocycles. The Morgan fingerprint density at radius 2 is 2.24 bits per heavy atom. The van der Waals surface area contributed by atoms with E-state index in [0.717, 1.165) is 42.8 Å². The van der Waals surface area contributed by atoms with E-state index in [4.69, 9.17) is 0 Å². The van der Waals surface area contributed by atoms with Crippen LogP contribution in [0.1, 0.15) is 42.6 Å². The minimum absolute atomic E-state index is 0.196. The van der Waals surface area contributed by atoms with E-state index in [1.807, 2.05) is 18.2 Å². The van der Waals surface area contributed by atoms with Gasteiger partial charge in [-0.3, -0.25) is 9.36 Å². The second-order valence-electron chi connectivity index (χ2n) is 7.24. The molecule has 0 spiro atoms.